The summed E-state index contributed by atoms with van der Waals surface area (Å²) >= 11 is 0. The van der Waals surface area contributed by atoms with Crippen LogP contribution in [0.2, 0.25) is 0 Å². The number of carboxylic acid groups (broad SMARTS) is 4. The van der Waals surface area contributed by atoms with Gasteiger partial charge in [-0.3, -0.25) is 9.69 Å². The van der Waals surface area contributed by atoms with Crippen LogP contribution in [0.5, 0.6) is 0 Å². The van der Waals surface area contributed by atoms with Crippen molar-refractivity contribution in [1.29, 1.82) is 0 Å². The summed E-state index contributed by atoms with van der Waals surface area (Å²) in [4.78, 5) is 42.9. The summed E-state index contributed by atoms with van der Waals surface area (Å²) in [7, 11) is 0.756. The van der Waals surface area contributed by atoms with E-state index in [1.807, 2.05) is 0 Å². The molecule has 0 heterocycles. The summed E-state index contributed by atoms with van der Waals surface area (Å²) in [6, 6.07) is 0. The molecule has 0 fully saturated rings. The number of carboxylic acids is 3. The molecule has 0 aliphatic heterocycles. The smallest absolute Gasteiger partial charge is 0.408 e. The van der Waals surface area contributed by atoms with Crippen molar-refractivity contribution in [1.82, 2.24) is 4.90 Å². The zero-order valence-electron chi connectivity index (χ0n) is 10.1. The van der Waals surface area contributed by atoms with Crippen LogP contribution in [0.25, 0.3) is 0 Å². The fourth-order valence-corrected chi connectivity index (χ4v) is 1.21. The first-order chi connectivity index (χ1) is 7.66. The molecule has 19 heavy (non-hydrogen) atoms. The first-order valence-corrected chi connectivity index (χ1v) is 4.31. The van der Waals surface area contributed by atoms with Crippen LogP contribution in [0, 0.1) is 0 Å². The van der Waals surface area contributed by atoms with E-state index < -0.39 is 42.4 Å². The van der Waals surface area contributed by atoms with Crippen LogP contribution in [-0.2, 0) is 31.5 Å². The van der Waals surface area contributed by atoms with E-state index in [4.69, 9.17) is 20.4 Å². The van der Waals surface area contributed by atoms with Gasteiger partial charge in [-0.2, -0.15) is 0 Å². The van der Waals surface area contributed by atoms with E-state index in [0.717, 1.165) is 7.05 Å². The summed E-state index contributed by atoms with van der Waals surface area (Å²) in [6.45, 7) is 0. The van der Waals surface area contributed by atoms with Crippen molar-refractivity contribution in [2.24, 2.45) is 0 Å². The minimum absolute atomic E-state index is 0. The van der Waals surface area contributed by atoms with Gasteiger partial charge in [-0.15, -0.1) is 0 Å². The minimum Gasteiger partial charge on any atom is -0.481 e. The van der Waals surface area contributed by atoms with Gasteiger partial charge in [0.25, 0.3) is 0 Å². The molecule has 0 aromatic heterocycles. The Morgan fingerprint density at radius 3 is 1.58 bits per heavy atom. The maximum absolute atomic E-state index is 10.9. The van der Waals surface area contributed by atoms with Gasteiger partial charge in [0.15, 0.2) is 0 Å². The molecule has 11 heteroatoms. The van der Waals surface area contributed by atoms with Crippen molar-refractivity contribution in [2.45, 2.75) is 18.4 Å². The average molecular weight is 328 g/mol. The predicted molar refractivity (Wildman–Crippen MR) is 56.4 cm³/mol. The van der Waals surface area contributed by atoms with Crippen LogP contribution in [0.4, 0.5) is 4.79 Å². The average Bonchev–Trinajstić information content (AvgIpc) is 2.16. The number of hydrogen-bond acceptors (Lipinski definition) is 4. The molecule has 0 saturated carbocycles. The standard InChI is InChI=1S/C8H11NO8.Fe.Na/c1-9(7(16)17)8(5(12)13,6(14)15)3-2-4(10)11;;/h2-3H2,1H3,(H,10,11)(H,12,13)(H,14,15)(H,16,17);;. The van der Waals surface area contributed by atoms with Gasteiger partial charge >= 0.3 is 24.0 Å². The van der Waals surface area contributed by atoms with E-state index in [0.29, 0.717) is 0 Å². The van der Waals surface area contributed by atoms with Gasteiger partial charge in [-0.1, -0.05) is 0 Å². The van der Waals surface area contributed by atoms with Gasteiger partial charge in [0.2, 0.25) is 5.54 Å². The van der Waals surface area contributed by atoms with E-state index in [9.17, 15) is 19.2 Å². The molecular formula is C8H11FeNNaO8. The van der Waals surface area contributed by atoms with Crippen molar-refractivity contribution in [3.8, 4) is 0 Å². The molecule has 0 rings (SSSR count). The Balaban J connectivity index is -0.00000128. The zero-order chi connectivity index (χ0) is 13.8. The Labute approximate surface area is 140 Å². The molecule has 0 aromatic carbocycles. The van der Waals surface area contributed by atoms with E-state index in [1.165, 1.54) is 0 Å². The largest absolute Gasteiger partial charge is 0.481 e. The number of carbonyl (C=O) groups is 4. The molecule has 1 amide bonds. The van der Waals surface area contributed by atoms with E-state index in [2.05, 4.69) is 0 Å². The third-order valence-corrected chi connectivity index (χ3v) is 2.27. The van der Waals surface area contributed by atoms with Gasteiger partial charge in [0, 0.05) is 66.5 Å². The SMILES string of the molecule is CN(C(=O)O)C(CCC(=O)O)(C(=O)O)C(=O)O.[Fe].[Na]. The summed E-state index contributed by atoms with van der Waals surface area (Å²) in [5.74, 6) is -5.29. The number of rotatable bonds is 6. The predicted octanol–water partition coefficient (Wildman–Crippen LogP) is -1.01. The Kier molecular flexibility index (Phi) is 11.2. The van der Waals surface area contributed by atoms with Gasteiger partial charge in [0.05, 0.1) is 0 Å². The molecule has 0 spiro atoms. The second-order valence-corrected chi connectivity index (χ2v) is 3.21. The van der Waals surface area contributed by atoms with Crippen LogP contribution in [0.1, 0.15) is 12.8 Å². The molecule has 9 nitrogen and oxygen atoms in total. The number of aliphatic carboxylic acids is 3. The van der Waals surface area contributed by atoms with Gasteiger partial charge in [-0.05, 0) is 0 Å². The van der Waals surface area contributed by atoms with E-state index in [1.54, 1.807) is 0 Å². The molecule has 0 unspecified atom stereocenters. The maximum atomic E-state index is 10.9. The van der Waals surface area contributed by atoms with Gasteiger partial charge in [0.1, 0.15) is 0 Å². The Morgan fingerprint density at radius 1 is 1.00 bits per heavy atom. The van der Waals surface area contributed by atoms with Crippen LogP contribution >= 0.6 is 0 Å². The quantitative estimate of drug-likeness (QED) is 0.357. The van der Waals surface area contributed by atoms with Crippen LogP contribution < -0.4 is 0 Å². The van der Waals surface area contributed by atoms with Crippen molar-refractivity contribution < 1.29 is 56.7 Å². The second-order valence-electron chi connectivity index (χ2n) is 3.21. The number of hydrogen-bond donors (Lipinski definition) is 4. The summed E-state index contributed by atoms with van der Waals surface area (Å²) in [5, 5.41) is 34.7. The monoisotopic (exact) mass is 328 g/mol. The third-order valence-electron chi connectivity index (χ3n) is 2.27. The Hall–Kier alpha value is -0.801. The minimum atomic E-state index is -2.80. The number of amides is 1. The number of nitrogens with zero attached hydrogens (tertiary/aromatic N) is 1. The molecular weight excluding hydrogens is 317 g/mol. The molecule has 0 saturated heterocycles. The zero-order valence-corrected chi connectivity index (χ0v) is 13.2. The van der Waals surface area contributed by atoms with Crippen LogP contribution in [-0.4, -0.2) is 91.5 Å². The summed E-state index contributed by atoms with van der Waals surface area (Å²) in [5.41, 5.74) is -2.80. The third kappa shape index (κ3) is 5.37. The van der Waals surface area contributed by atoms with Crippen molar-refractivity contribution in [3.05, 3.63) is 0 Å². The molecule has 0 aliphatic rings. The molecule has 105 valence electrons. The number of likely N-dealkylation sites (N-methyl/N-ethyl adjacent to an activating group) is 1. The van der Waals surface area contributed by atoms with Crippen molar-refractivity contribution in [3.63, 3.8) is 0 Å². The van der Waals surface area contributed by atoms with Crippen LogP contribution in [0.3, 0.4) is 0 Å². The van der Waals surface area contributed by atoms with Gasteiger partial charge < -0.3 is 20.4 Å². The normalized spacial score (nSPS) is 9.53. The summed E-state index contributed by atoms with van der Waals surface area (Å²) < 4.78 is 0. The van der Waals surface area contributed by atoms with E-state index in [-0.39, 0.29) is 51.5 Å². The molecule has 0 bridgehead atoms. The molecule has 4 N–H and O–H groups in total. The molecule has 0 atom stereocenters. The molecule has 0 aliphatic carbocycles. The Morgan fingerprint density at radius 2 is 1.37 bits per heavy atom. The molecule has 0 aromatic rings. The fourth-order valence-electron chi connectivity index (χ4n) is 1.21. The first kappa shape index (κ1) is 23.3. The Bertz CT molecular complexity index is 360. The van der Waals surface area contributed by atoms with Crippen molar-refractivity contribution >= 4 is 53.6 Å². The first-order valence-electron chi connectivity index (χ1n) is 4.31. The maximum Gasteiger partial charge on any atom is 0.408 e. The van der Waals surface area contributed by atoms with Crippen LogP contribution in [0.15, 0.2) is 0 Å². The van der Waals surface area contributed by atoms with Gasteiger partial charge in [-0.25, -0.2) is 14.4 Å². The van der Waals surface area contributed by atoms with E-state index >= 15 is 0 Å². The summed E-state index contributed by atoms with van der Waals surface area (Å²) in [6.07, 6.45) is -3.42. The molecule has 1 radical (unpaired) electrons. The fraction of sp³-hybridized carbons (Fsp3) is 0.500. The topological polar surface area (TPSA) is 152 Å². The second kappa shape index (κ2) is 9.16. The van der Waals surface area contributed by atoms with Crippen molar-refractivity contribution in [2.75, 3.05) is 7.05 Å².